The molecule has 0 unspecified atom stereocenters. The van der Waals surface area contributed by atoms with Gasteiger partial charge in [-0.15, -0.1) is 0 Å². The molecule has 0 bridgehead atoms. The van der Waals surface area contributed by atoms with Crippen LogP contribution in [0.2, 0.25) is 0 Å². The van der Waals surface area contributed by atoms with E-state index in [1.807, 2.05) is 26.0 Å². The van der Waals surface area contributed by atoms with E-state index in [1.54, 1.807) is 30.6 Å². The van der Waals surface area contributed by atoms with E-state index in [0.717, 1.165) is 16.5 Å². The molecule has 180 valence electrons. The van der Waals surface area contributed by atoms with Gasteiger partial charge in [0.1, 0.15) is 0 Å². The van der Waals surface area contributed by atoms with E-state index in [-0.39, 0.29) is 29.1 Å². The van der Waals surface area contributed by atoms with E-state index in [4.69, 9.17) is 4.74 Å². The van der Waals surface area contributed by atoms with Gasteiger partial charge in [0.05, 0.1) is 17.6 Å². The zero-order valence-electron chi connectivity index (χ0n) is 19.6. The van der Waals surface area contributed by atoms with Gasteiger partial charge in [-0.05, 0) is 66.9 Å². The van der Waals surface area contributed by atoms with Crippen LogP contribution in [0.25, 0.3) is 10.9 Å². The van der Waals surface area contributed by atoms with Crippen molar-refractivity contribution in [1.29, 1.82) is 0 Å². The number of hydrogen-bond acceptors (Lipinski definition) is 6. The summed E-state index contributed by atoms with van der Waals surface area (Å²) in [6, 6.07) is 14.8. The van der Waals surface area contributed by atoms with Gasteiger partial charge in [-0.25, -0.2) is 13.2 Å². The molecule has 2 heterocycles. The largest absolute Gasteiger partial charge is 0.465 e. The molecule has 9 heteroatoms. The molecule has 2 aromatic heterocycles. The first-order chi connectivity index (χ1) is 16.7. The normalized spacial score (nSPS) is 11.7. The van der Waals surface area contributed by atoms with E-state index in [1.165, 1.54) is 35.7 Å². The number of aromatic amines is 1. The van der Waals surface area contributed by atoms with Crippen LogP contribution >= 0.6 is 0 Å². The number of benzene rings is 2. The number of H-pyrrole nitrogens is 1. The fourth-order valence-electron chi connectivity index (χ4n) is 4.00. The van der Waals surface area contributed by atoms with Crippen LogP contribution in [0.15, 0.2) is 76.7 Å². The first-order valence-electron chi connectivity index (χ1n) is 10.9. The number of nitrogens with one attached hydrogen (secondary N) is 1. The number of pyridine rings is 2. The highest BCUT2D eigenvalue weighted by Gasteiger charge is 2.27. The lowest BCUT2D eigenvalue weighted by atomic mass is 10.0. The van der Waals surface area contributed by atoms with Crippen LogP contribution in [0, 0.1) is 13.8 Å². The summed E-state index contributed by atoms with van der Waals surface area (Å²) in [4.78, 5) is 31.8. The van der Waals surface area contributed by atoms with Gasteiger partial charge in [0.15, 0.2) is 0 Å². The Hall–Kier alpha value is -3.82. The lowest BCUT2D eigenvalue weighted by molar-refractivity contribution is 0.0600. The zero-order valence-corrected chi connectivity index (χ0v) is 20.4. The number of ether oxygens (including phenoxy) is 1. The van der Waals surface area contributed by atoms with Gasteiger partial charge in [-0.1, -0.05) is 18.2 Å². The number of rotatable bonds is 7. The summed E-state index contributed by atoms with van der Waals surface area (Å²) in [6.45, 7) is 3.71. The second-order valence-electron chi connectivity index (χ2n) is 8.32. The first-order valence-corrected chi connectivity index (χ1v) is 12.3. The monoisotopic (exact) mass is 491 g/mol. The smallest absolute Gasteiger partial charge is 0.337 e. The van der Waals surface area contributed by atoms with Crippen molar-refractivity contribution in [1.82, 2.24) is 14.3 Å². The summed E-state index contributed by atoms with van der Waals surface area (Å²) in [6.07, 6.45) is 3.17. The molecular weight excluding hydrogens is 466 g/mol. The van der Waals surface area contributed by atoms with Gasteiger partial charge in [-0.3, -0.25) is 9.78 Å². The second-order valence-corrected chi connectivity index (χ2v) is 10.3. The number of aromatic nitrogens is 2. The summed E-state index contributed by atoms with van der Waals surface area (Å²) >= 11 is 0. The number of aryl methyl sites for hydroxylation is 2. The Morgan fingerprint density at radius 1 is 1.06 bits per heavy atom. The SMILES string of the molecule is COC(=O)c1cccc(S(=O)(=O)N(Cc2cccnc2)Cc2cc3c(C)cc(C)cc3[nH]c2=O)c1. The standard InChI is InChI=1S/C26H25N3O5S/c1-17-10-18(2)23-13-21(25(30)28-24(23)11-17)16-29(15-19-6-5-9-27-14-19)35(32,33)22-8-4-7-20(12-22)26(31)34-3/h4-14H,15-16H2,1-3H3,(H,28,30). The number of carbonyl (C=O) groups excluding carboxylic acids is 1. The highest BCUT2D eigenvalue weighted by molar-refractivity contribution is 7.89. The molecule has 0 fully saturated rings. The summed E-state index contributed by atoms with van der Waals surface area (Å²) in [5.41, 5.74) is 3.41. The van der Waals surface area contributed by atoms with E-state index in [0.29, 0.717) is 16.6 Å². The Labute approximate surface area is 203 Å². The number of nitrogens with zero attached hydrogens (tertiary/aromatic N) is 2. The molecule has 0 aliphatic rings. The second kappa shape index (κ2) is 9.81. The van der Waals surface area contributed by atoms with Crippen molar-refractivity contribution in [2.24, 2.45) is 0 Å². The first kappa shape index (κ1) is 24.3. The van der Waals surface area contributed by atoms with Crippen LogP contribution in [0.5, 0.6) is 0 Å². The molecule has 35 heavy (non-hydrogen) atoms. The van der Waals surface area contributed by atoms with Crippen LogP contribution in [0.1, 0.15) is 32.6 Å². The van der Waals surface area contributed by atoms with Crippen molar-refractivity contribution in [3.05, 3.63) is 105 Å². The highest BCUT2D eigenvalue weighted by atomic mass is 32.2. The van der Waals surface area contributed by atoms with Gasteiger partial charge in [0.25, 0.3) is 5.56 Å². The summed E-state index contributed by atoms with van der Waals surface area (Å²) in [5, 5.41) is 0.844. The minimum absolute atomic E-state index is 0.0109. The molecule has 0 aliphatic carbocycles. The predicted octanol–water partition coefficient (Wildman–Crippen LogP) is 3.72. The van der Waals surface area contributed by atoms with E-state index in [9.17, 15) is 18.0 Å². The third-order valence-corrected chi connectivity index (χ3v) is 7.50. The molecule has 0 atom stereocenters. The quantitative estimate of drug-likeness (QED) is 0.395. The topological polar surface area (TPSA) is 109 Å². The van der Waals surface area contributed by atoms with Gasteiger partial charge in [-0.2, -0.15) is 4.31 Å². The Morgan fingerprint density at radius 2 is 1.86 bits per heavy atom. The van der Waals surface area contributed by atoms with Crippen molar-refractivity contribution in [3.8, 4) is 0 Å². The molecule has 8 nitrogen and oxygen atoms in total. The molecule has 2 aromatic carbocycles. The Balaban J connectivity index is 1.80. The number of hydrogen-bond donors (Lipinski definition) is 1. The van der Waals surface area contributed by atoms with Crippen LogP contribution in [0.3, 0.4) is 0 Å². The van der Waals surface area contributed by atoms with Gasteiger partial charge in [0.2, 0.25) is 10.0 Å². The van der Waals surface area contributed by atoms with Crippen molar-refractivity contribution >= 4 is 26.9 Å². The lowest BCUT2D eigenvalue weighted by Crippen LogP contribution is -2.32. The van der Waals surface area contributed by atoms with E-state index in [2.05, 4.69) is 9.97 Å². The maximum atomic E-state index is 13.7. The Bertz CT molecular complexity index is 1560. The van der Waals surface area contributed by atoms with Crippen LogP contribution in [-0.4, -0.2) is 35.8 Å². The lowest BCUT2D eigenvalue weighted by Gasteiger charge is -2.22. The van der Waals surface area contributed by atoms with Crippen LogP contribution in [-0.2, 0) is 27.8 Å². The average Bonchev–Trinajstić information content (AvgIpc) is 2.84. The van der Waals surface area contributed by atoms with Gasteiger partial charge in [0, 0.05) is 41.9 Å². The molecule has 1 N–H and O–H groups in total. The van der Waals surface area contributed by atoms with Crippen LogP contribution < -0.4 is 5.56 Å². The highest BCUT2D eigenvalue weighted by Crippen LogP contribution is 2.24. The maximum Gasteiger partial charge on any atom is 0.337 e. The van der Waals surface area contributed by atoms with E-state index >= 15 is 0 Å². The number of sulfonamides is 1. The van der Waals surface area contributed by atoms with Gasteiger partial charge < -0.3 is 9.72 Å². The third-order valence-electron chi connectivity index (χ3n) is 5.71. The number of esters is 1. The fourth-order valence-corrected chi connectivity index (χ4v) is 5.45. The van der Waals surface area contributed by atoms with Crippen molar-refractivity contribution in [2.45, 2.75) is 31.8 Å². The summed E-state index contributed by atoms with van der Waals surface area (Å²) < 4.78 is 33.4. The molecule has 0 saturated carbocycles. The average molecular weight is 492 g/mol. The number of carbonyl (C=O) groups is 1. The zero-order chi connectivity index (χ0) is 25.2. The third kappa shape index (κ3) is 5.16. The van der Waals surface area contributed by atoms with E-state index < -0.39 is 16.0 Å². The van der Waals surface area contributed by atoms with Crippen molar-refractivity contribution in [2.75, 3.05) is 7.11 Å². The molecule has 4 aromatic rings. The van der Waals surface area contributed by atoms with Crippen molar-refractivity contribution < 1.29 is 17.9 Å². The molecule has 0 spiro atoms. The Kier molecular flexibility index (Phi) is 6.81. The van der Waals surface area contributed by atoms with Crippen molar-refractivity contribution in [3.63, 3.8) is 0 Å². The molecular formula is C26H25N3O5S. The molecule has 0 aliphatic heterocycles. The number of fused-ring (bicyclic) bond motifs is 1. The molecule has 4 rings (SSSR count). The predicted molar refractivity (Wildman–Crippen MR) is 132 cm³/mol. The molecule has 0 amide bonds. The fraction of sp³-hybridized carbons (Fsp3) is 0.192. The van der Waals surface area contributed by atoms with Crippen LogP contribution in [0.4, 0.5) is 0 Å². The minimum atomic E-state index is -4.10. The summed E-state index contributed by atoms with van der Waals surface area (Å²) in [5.74, 6) is -0.641. The minimum Gasteiger partial charge on any atom is -0.465 e. The molecule has 0 radical (unpaired) electrons. The maximum absolute atomic E-state index is 13.7. The van der Waals surface area contributed by atoms with Gasteiger partial charge >= 0.3 is 5.97 Å². The Morgan fingerprint density at radius 3 is 2.57 bits per heavy atom. The summed E-state index contributed by atoms with van der Waals surface area (Å²) in [7, 11) is -2.87. The molecule has 0 saturated heterocycles. The number of methoxy groups -OCH3 is 1.